The molecule has 0 aliphatic rings. The Balaban J connectivity index is 1.08. The number of benzene rings is 4. The molecule has 0 fully saturated rings. The number of carbonyl (C=O) groups is 4. The van der Waals surface area contributed by atoms with E-state index in [0.29, 0.717) is 85.7 Å². The normalized spacial score (nSPS) is 11.0. The van der Waals surface area contributed by atoms with Gasteiger partial charge in [0, 0.05) is 60.9 Å². The van der Waals surface area contributed by atoms with Crippen LogP contribution in [-0.4, -0.2) is 99.7 Å². The van der Waals surface area contributed by atoms with E-state index < -0.39 is 11.8 Å². The SMILES string of the molecule is CCOCCNC(=O)COc1cc(C(=O)NCCCCCCCCCCCCNC(=O)c2cc(OCC(=O)NCCOCC)c3ccccc3c2O)c(O)c2ccccc12. The maximum Gasteiger partial charge on any atom is 0.258 e. The van der Waals surface area contributed by atoms with Crippen molar-refractivity contribution in [1.82, 2.24) is 21.3 Å². The second-order valence-corrected chi connectivity index (χ2v) is 14.4. The van der Waals surface area contributed by atoms with Crippen LogP contribution >= 0.6 is 0 Å². The van der Waals surface area contributed by atoms with E-state index in [2.05, 4.69) is 21.3 Å². The first-order chi connectivity index (χ1) is 29.2. The van der Waals surface area contributed by atoms with Crippen molar-refractivity contribution >= 4 is 45.2 Å². The minimum absolute atomic E-state index is 0.0971. The quantitative estimate of drug-likeness (QED) is 0.0328. The number of phenols is 2. The summed E-state index contributed by atoms with van der Waals surface area (Å²) in [6.45, 7) is 6.94. The Hall–Kier alpha value is -5.60. The van der Waals surface area contributed by atoms with E-state index in [1.807, 2.05) is 13.8 Å². The van der Waals surface area contributed by atoms with Gasteiger partial charge in [0.2, 0.25) is 0 Å². The molecule has 4 amide bonds. The molecule has 0 aromatic heterocycles. The molecular formula is C46H62N4O10. The number of fused-ring (bicyclic) bond motifs is 2. The van der Waals surface area contributed by atoms with Gasteiger partial charge in [-0.2, -0.15) is 0 Å². The van der Waals surface area contributed by atoms with E-state index in [1.165, 1.54) is 12.1 Å². The van der Waals surface area contributed by atoms with Crippen LogP contribution in [-0.2, 0) is 19.1 Å². The lowest BCUT2D eigenvalue weighted by atomic mass is 10.0. The number of hydrogen-bond donors (Lipinski definition) is 6. The van der Waals surface area contributed by atoms with Crippen molar-refractivity contribution in [3.8, 4) is 23.0 Å². The monoisotopic (exact) mass is 830 g/mol. The molecule has 6 N–H and O–H groups in total. The van der Waals surface area contributed by atoms with Crippen LogP contribution in [0.4, 0.5) is 0 Å². The van der Waals surface area contributed by atoms with E-state index >= 15 is 0 Å². The minimum Gasteiger partial charge on any atom is -0.506 e. The predicted octanol–water partition coefficient (Wildman–Crippen LogP) is 6.53. The molecule has 0 saturated heterocycles. The second kappa shape index (κ2) is 26.5. The number of carbonyl (C=O) groups excluding carboxylic acids is 4. The van der Waals surface area contributed by atoms with Gasteiger partial charge in [0.25, 0.3) is 23.6 Å². The van der Waals surface area contributed by atoms with Crippen LogP contribution in [0.3, 0.4) is 0 Å². The third kappa shape index (κ3) is 15.2. The number of unbranched alkanes of at least 4 members (excludes halogenated alkanes) is 9. The number of rotatable bonds is 29. The van der Waals surface area contributed by atoms with Crippen LogP contribution in [0.25, 0.3) is 21.5 Å². The molecule has 14 heteroatoms. The number of aromatic hydroxyl groups is 2. The summed E-state index contributed by atoms with van der Waals surface area (Å²) in [5.74, 6) is -0.995. The average molecular weight is 831 g/mol. The molecule has 14 nitrogen and oxygen atoms in total. The largest absolute Gasteiger partial charge is 0.506 e. The fraction of sp³-hybridized carbons (Fsp3) is 0.478. The van der Waals surface area contributed by atoms with Crippen molar-refractivity contribution in [3.05, 3.63) is 71.8 Å². The van der Waals surface area contributed by atoms with Crippen LogP contribution in [0, 0.1) is 0 Å². The summed E-state index contributed by atoms with van der Waals surface area (Å²) < 4.78 is 22.1. The Morgan fingerprint density at radius 3 is 1.20 bits per heavy atom. The fourth-order valence-electron chi connectivity index (χ4n) is 6.70. The van der Waals surface area contributed by atoms with E-state index in [-0.39, 0.29) is 47.7 Å². The van der Waals surface area contributed by atoms with Crippen molar-refractivity contribution in [1.29, 1.82) is 0 Å². The van der Waals surface area contributed by atoms with Crippen LogP contribution in [0.2, 0.25) is 0 Å². The molecule has 0 saturated carbocycles. The summed E-state index contributed by atoms with van der Waals surface area (Å²) in [7, 11) is 0. The molecule has 326 valence electrons. The van der Waals surface area contributed by atoms with Crippen LogP contribution in [0.15, 0.2) is 60.7 Å². The van der Waals surface area contributed by atoms with Crippen molar-refractivity contribution in [2.75, 3.05) is 65.8 Å². The first-order valence-electron chi connectivity index (χ1n) is 21.2. The molecule has 0 spiro atoms. The summed E-state index contributed by atoms with van der Waals surface area (Å²) >= 11 is 0. The first kappa shape index (κ1) is 47.1. The van der Waals surface area contributed by atoms with Crippen LogP contribution in [0.5, 0.6) is 23.0 Å². The third-order valence-corrected chi connectivity index (χ3v) is 9.88. The molecule has 0 unspecified atom stereocenters. The molecular weight excluding hydrogens is 769 g/mol. The minimum atomic E-state index is -0.401. The second-order valence-electron chi connectivity index (χ2n) is 14.4. The Bertz CT molecular complexity index is 1850. The van der Waals surface area contributed by atoms with Gasteiger partial charge < -0.3 is 50.4 Å². The smallest absolute Gasteiger partial charge is 0.258 e. The van der Waals surface area contributed by atoms with E-state index in [9.17, 15) is 29.4 Å². The molecule has 0 atom stereocenters. The van der Waals surface area contributed by atoms with Crippen LogP contribution < -0.4 is 30.7 Å². The van der Waals surface area contributed by atoms with Gasteiger partial charge >= 0.3 is 0 Å². The molecule has 60 heavy (non-hydrogen) atoms. The Kier molecular flexibility index (Phi) is 20.8. The average Bonchev–Trinajstić information content (AvgIpc) is 3.26. The van der Waals surface area contributed by atoms with E-state index in [4.69, 9.17) is 18.9 Å². The third-order valence-electron chi connectivity index (χ3n) is 9.88. The van der Waals surface area contributed by atoms with Crippen molar-refractivity contribution in [3.63, 3.8) is 0 Å². The zero-order valence-corrected chi connectivity index (χ0v) is 35.1. The fourth-order valence-corrected chi connectivity index (χ4v) is 6.70. The molecule has 0 aliphatic carbocycles. The Morgan fingerprint density at radius 2 is 0.833 bits per heavy atom. The van der Waals surface area contributed by atoms with Gasteiger partial charge in [-0.05, 0) is 38.8 Å². The zero-order valence-electron chi connectivity index (χ0n) is 35.1. The first-order valence-corrected chi connectivity index (χ1v) is 21.2. The molecule has 4 rings (SSSR count). The topological polar surface area (TPSA) is 194 Å². The number of nitrogens with one attached hydrogen (secondary N) is 4. The molecule has 0 aliphatic heterocycles. The highest BCUT2D eigenvalue weighted by molar-refractivity contribution is 6.07. The predicted molar refractivity (Wildman–Crippen MR) is 232 cm³/mol. The standard InChI is InChI=1S/C46H62N4O10/c1-3-57-27-25-47-41(51)31-59-39-29-37(43(53)35-21-15-13-19-33(35)39)45(55)49-23-17-11-9-7-5-6-8-10-12-18-24-50-46(56)38-30-40(34-20-14-16-22-36(34)44(38)54)60-32-42(52)48-26-28-58-4-2/h13-16,19-22,29-30,53-54H,3-12,17-18,23-28,31-32H2,1-2H3,(H,47,51)(H,48,52)(H,49,55)(H,50,56). The lowest BCUT2D eigenvalue weighted by molar-refractivity contribution is -0.124. The summed E-state index contributed by atoms with van der Waals surface area (Å²) in [5.41, 5.74) is 0.194. The highest BCUT2D eigenvalue weighted by Gasteiger charge is 2.20. The molecule has 0 bridgehead atoms. The van der Waals surface area contributed by atoms with Crippen molar-refractivity contribution in [2.24, 2.45) is 0 Å². The van der Waals surface area contributed by atoms with Gasteiger partial charge in [-0.1, -0.05) is 99.9 Å². The lowest BCUT2D eigenvalue weighted by Crippen LogP contribution is -2.31. The Labute approximate surface area is 352 Å². The molecule has 0 radical (unpaired) electrons. The summed E-state index contributed by atoms with van der Waals surface area (Å²) in [6.07, 6.45) is 10.2. The van der Waals surface area contributed by atoms with Crippen molar-refractivity contribution in [2.45, 2.75) is 78.1 Å². The lowest BCUT2D eigenvalue weighted by Gasteiger charge is -2.14. The zero-order chi connectivity index (χ0) is 43.0. The van der Waals surface area contributed by atoms with E-state index in [0.717, 1.165) is 64.2 Å². The highest BCUT2D eigenvalue weighted by atomic mass is 16.5. The number of ether oxygens (including phenoxy) is 4. The van der Waals surface area contributed by atoms with Crippen LogP contribution in [0.1, 0.15) is 98.8 Å². The Morgan fingerprint density at radius 1 is 0.483 bits per heavy atom. The maximum atomic E-state index is 13.1. The van der Waals surface area contributed by atoms with Gasteiger partial charge in [0.05, 0.1) is 24.3 Å². The van der Waals surface area contributed by atoms with Crippen molar-refractivity contribution < 1.29 is 48.3 Å². The van der Waals surface area contributed by atoms with E-state index in [1.54, 1.807) is 48.5 Å². The number of amides is 4. The van der Waals surface area contributed by atoms with Gasteiger partial charge in [0.1, 0.15) is 23.0 Å². The molecule has 4 aromatic carbocycles. The molecule has 0 heterocycles. The van der Waals surface area contributed by atoms with Gasteiger partial charge in [0.15, 0.2) is 13.2 Å². The summed E-state index contributed by atoms with van der Waals surface area (Å²) in [4.78, 5) is 50.7. The maximum absolute atomic E-state index is 13.1. The molecule has 4 aromatic rings. The van der Waals surface area contributed by atoms with Gasteiger partial charge in [-0.25, -0.2) is 0 Å². The number of hydrogen-bond acceptors (Lipinski definition) is 10. The highest BCUT2D eigenvalue weighted by Crippen LogP contribution is 2.37. The van der Waals surface area contributed by atoms with Gasteiger partial charge in [-0.15, -0.1) is 0 Å². The van der Waals surface area contributed by atoms with Gasteiger partial charge in [-0.3, -0.25) is 19.2 Å². The summed E-state index contributed by atoms with van der Waals surface area (Å²) in [6, 6.07) is 17.1. The summed E-state index contributed by atoms with van der Waals surface area (Å²) in [5, 5.41) is 35.2. The number of phenolic OH excluding ortho intramolecular Hbond substituents is 2.